The molecule has 1 rings (SSSR count). The zero-order chi connectivity index (χ0) is 11.6. The normalized spacial score (nSPS) is 11.3. The minimum atomic E-state index is -3.88. The van der Waals surface area contributed by atoms with E-state index in [0.717, 1.165) is 13.2 Å². The summed E-state index contributed by atoms with van der Waals surface area (Å²) in [6, 6.07) is 3.61. The fraction of sp³-hybridized carbons (Fsp3) is 0.250. The highest BCUT2D eigenvalue weighted by atomic mass is 32.2. The van der Waals surface area contributed by atoms with Crippen LogP contribution in [0.2, 0.25) is 0 Å². The van der Waals surface area contributed by atoms with Crippen molar-refractivity contribution in [2.24, 2.45) is 0 Å². The molecule has 0 saturated carbocycles. The summed E-state index contributed by atoms with van der Waals surface area (Å²) in [5, 5.41) is 10.6. The third-order valence-electron chi connectivity index (χ3n) is 1.89. The van der Waals surface area contributed by atoms with Crippen molar-refractivity contribution in [2.45, 2.75) is 11.8 Å². The fourth-order valence-corrected chi connectivity index (χ4v) is 1.72. The van der Waals surface area contributed by atoms with Gasteiger partial charge in [-0.15, -0.1) is 0 Å². The first-order chi connectivity index (χ1) is 6.88. The lowest BCUT2D eigenvalue weighted by molar-refractivity contribution is -0.385. The van der Waals surface area contributed by atoms with E-state index in [-0.39, 0.29) is 10.6 Å². The molecule has 0 saturated heterocycles. The predicted molar refractivity (Wildman–Crippen MR) is 52.0 cm³/mol. The first-order valence-corrected chi connectivity index (χ1v) is 5.35. The Morgan fingerprint density at radius 2 is 2.00 bits per heavy atom. The van der Waals surface area contributed by atoms with Crippen LogP contribution in [-0.4, -0.2) is 20.5 Å². The molecule has 0 spiro atoms. The van der Waals surface area contributed by atoms with Gasteiger partial charge in [0.05, 0.1) is 12.0 Å². The summed E-state index contributed by atoms with van der Waals surface area (Å²) in [6.45, 7) is 1.53. The number of hydrogen-bond acceptors (Lipinski definition) is 5. The van der Waals surface area contributed by atoms with E-state index in [9.17, 15) is 18.5 Å². The van der Waals surface area contributed by atoms with E-state index >= 15 is 0 Å². The van der Waals surface area contributed by atoms with Gasteiger partial charge >= 0.3 is 0 Å². The van der Waals surface area contributed by atoms with Crippen LogP contribution in [0.15, 0.2) is 23.1 Å². The van der Waals surface area contributed by atoms with Crippen molar-refractivity contribution in [3.05, 3.63) is 33.9 Å². The Hall–Kier alpha value is -1.47. The maximum absolute atomic E-state index is 11.2. The molecule has 0 unspecified atom stereocenters. The SMILES string of the molecule is COS(=O)(=O)c1ccc(C)c([N+](=O)[O-])c1. The summed E-state index contributed by atoms with van der Waals surface area (Å²) in [5.74, 6) is 0. The Morgan fingerprint density at radius 3 is 2.47 bits per heavy atom. The quantitative estimate of drug-likeness (QED) is 0.443. The molecule has 0 aliphatic heterocycles. The number of benzene rings is 1. The largest absolute Gasteiger partial charge is 0.296 e. The lowest BCUT2D eigenvalue weighted by Gasteiger charge is -2.02. The van der Waals surface area contributed by atoms with Crippen molar-refractivity contribution in [3.63, 3.8) is 0 Å². The number of nitrogens with zero attached hydrogens (tertiary/aromatic N) is 1. The molecule has 1 aromatic rings. The Labute approximate surface area is 86.8 Å². The molecule has 0 atom stereocenters. The van der Waals surface area contributed by atoms with Gasteiger partial charge in [-0.25, -0.2) is 0 Å². The van der Waals surface area contributed by atoms with Gasteiger partial charge in [0.2, 0.25) is 0 Å². The number of nitro groups is 1. The average molecular weight is 231 g/mol. The van der Waals surface area contributed by atoms with Crippen molar-refractivity contribution in [2.75, 3.05) is 7.11 Å². The van der Waals surface area contributed by atoms with Crippen LogP contribution >= 0.6 is 0 Å². The Morgan fingerprint density at radius 1 is 1.40 bits per heavy atom. The number of nitro benzene ring substituents is 1. The van der Waals surface area contributed by atoms with Crippen LogP contribution in [0.5, 0.6) is 0 Å². The second-order valence-electron chi connectivity index (χ2n) is 2.83. The highest BCUT2D eigenvalue weighted by molar-refractivity contribution is 7.86. The summed E-state index contributed by atoms with van der Waals surface area (Å²) in [5.41, 5.74) is 0.156. The summed E-state index contributed by atoms with van der Waals surface area (Å²) in [7, 11) is -2.87. The van der Waals surface area contributed by atoms with Crippen LogP contribution in [0, 0.1) is 17.0 Å². The molecule has 0 N–H and O–H groups in total. The molecular formula is C8H9NO5S. The molecule has 15 heavy (non-hydrogen) atoms. The summed E-state index contributed by atoms with van der Waals surface area (Å²) in [6.07, 6.45) is 0. The molecule has 0 radical (unpaired) electrons. The summed E-state index contributed by atoms with van der Waals surface area (Å²) in [4.78, 5) is 9.70. The molecule has 0 aliphatic carbocycles. The van der Waals surface area contributed by atoms with Gasteiger partial charge in [0.25, 0.3) is 15.8 Å². The van der Waals surface area contributed by atoms with Gasteiger partial charge in [-0.05, 0) is 13.0 Å². The second-order valence-corrected chi connectivity index (χ2v) is 4.54. The zero-order valence-electron chi connectivity index (χ0n) is 8.13. The number of aryl methyl sites for hydroxylation is 1. The molecular weight excluding hydrogens is 222 g/mol. The first-order valence-electron chi connectivity index (χ1n) is 3.94. The molecule has 0 heterocycles. The van der Waals surface area contributed by atoms with E-state index in [2.05, 4.69) is 4.18 Å². The third-order valence-corrected chi connectivity index (χ3v) is 3.16. The van der Waals surface area contributed by atoms with E-state index in [1.807, 2.05) is 0 Å². The van der Waals surface area contributed by atoms with Crippen molar-refractivity contribution in [1.82, 2.24) is 0 Å². The van der Waals surface area contributed by atoms with Gasteiger partial charge in [-0.2, -0.15) is 8.42 Å². The molecule has 7 heteroatoms. The van der Waals surface area contributed by atoms with Gasteiger partial charge in [0, 0.05) is 11.6 Å². The van der Waals surface area contributed by atoms with Crippen LogP contribution in [0.25, 0.3) is 0 Å². The van der Waals surface area contributed by atoms with Crippen molar-refractivity contribution >= 4 is 15.8 Å². The third kappa shape index (κ3) is 2.31. The standard InChI is InChI=1S/C8H9NO5S/c1-6-3-4-7(15(12,13)14-2)5-8(6)9(10)11/h3-5H,1-2H3. The molecule has 0 bridgehead atoms. The molecule has 0 fully saturated rings. The molecule has 82 valence electrons. The van der Waals surface area contributed by atoms with Crippen molar-refractivity contribution < 1.29 is 17.5 Å². The van der Waals surface area contributed by atoms with E-state index in [0.29, 0.717) is 5.56 Å². The molecule has 1 aromatic carbocycles. The van der Waals surface area contributed by atoms with Gasteiger partial charge in [-0.3, -0.25) is 14.3 Å². The second kappa shape index (κ2) is 3.95. The van der Waals surface area contributed by atoms with Crippen LogP contribution in [0.3, 0.4) is 0 Å². The van der Waals surface area contributed by atoms with Gasteiger partial charge in [0.15, 0.2) is 0 Å². The lowest BCUT2D eigenvalue weighted by Crippen LogP contribution is -2.04. The first kappa shape index (κ1) is 11.6. The lowest BCUT2D eigenvalue weighted by atomic mass is 10.2. The molecule has 0 amide bonds. The van der Waals surface area contributed by atoms with Gasteiger partial charge in [0.1, 0.15) is 4.90 Å². The van der Waals surface area contributed by atoms with Gasteiger partial charge in [-0.1, -0.05) is 6.07 Å². The highest BCUT2D eigenvalue weighted by Gasteiger charge is 2.18. The minimum absolute atomic E-state index is 0.220. The average Bonchev–Trinajstić information content (AvgIpc) is 2.17. The Balaban J connectivity index is 3.38. The maximum Gasteiger partial charge on any atom is 0.296 e. The highest BCUT2D eigenvalue weighted by Crippen LogP contribution is 2.22. The van der Waals surface area contributed by atoms with E-state index < -0.39 is 15.0 Å². The maximum atomic E-state index is 11.2. The molecule has 6 nitrogen and oxygen atoms in total. The van der Waals surface area contributed by atoms with E-state index in [1.165, 1.54) is 19.1 Å². The predicted octanol–water partition coefficient (Wildman–Crippen LogP) is 1.24. The zero-order valence-corrected chi connectivity index (χ0v) is 8.95. The van der Waals surface area contributed by atoms with Crippen molar-refractivity contribution in [1.29, 1.82) is 0 Å². The summed E-state index contributed by atoms with van der Waals surface area (Å²) < 4.78 is 26.7. The monoisotopic (exact) mass is 231 g/mol. The molecule has 0 aliphatic rings. The van der Waals surface area contributed by atoms with Crippen LogP contribution in [-0.2, 0) is 14.3 Å². The summed E-state index contributed by atoms with van der Waals surface area (Å²) >= 11 is 0. The number of hydrogen-bond donors (Lipinski definition) is 0. The van der Waals surface area contributed by atoms with Crippen LogP contribution < -0.4 is 0 Å². The minimum Gasteiger partial charge on any atom is -0.270 e. The van der Waals surface area contributed by atoms with Crippen molar-refractivity contribution in [3.8, 4) is 0 Å². The van der Waals surface area contributed by atoms with E-state index in [4.69, 9.17) is 0 Å². The fourth-order valence-electron chi connectivity index (χ4n) is 1.04. The Kier molecular flexibility index (Phi) is 3.06. The van der Waals surface area contributed by atoms with Crippen LogP contribution in [0.4, 0.5) is 5.69 Å². The molecule has 0 aromatic heterocycles. The van der Waals surface area contributed by atoms with E-state index in [1.54, 1.807) is 0 Å². The Bertz CT molecular complexity index is 494. The van der Waals surface area contributed by atoms with Gasteiger partial charge < -0.3 is 0 Å². The topological polar surface area (TPSA) is 86.5 Å². The van der Waals surface area contributed by atoms with Crippen LogP contribution in [0.1, 0.15) is 5.56 Å². The smallest absolute Gasteiger partial charge is 0.270 e. The number of rotatable bonds is 3.